The molecule has 2 rings (SSSR count). The fraction of sp³-hybridized carbons (Fsp3) is 0.167. The molecular weight excluding hydrogens is 259 g/mol. The van der Waals surface area contributed by atoms with Crippen LogP contribution in [0.5, 0.6) is 0 Å². The number of amides is 1. The van der Waals surface area contributed by atoms with Gasteiger partial charge in [-0.05, 0) is 12.1 Å². The molecule has 2 aromatic rings. The van der Waals surface area contributed by atoms with E-state index in [0.29, 0.717) is 0 Å². The summed E-state index contributed by atoms with van der Waals surface area (Å²) in [7, 11) is 1.61. The van der Waals surface area contributed by atoms with Gasteiger partial charge in [-0.1, -0.05) is 12.1 Å². The summed E-state index contributed by atoms with van der Waals surface area (Å²) < 4.78 is 39.6. The Morgan fingerprint density at radius 2 is 2.00 bits per heavy atom. The second-order valence-electron chi connectivity index (χ2n) is 3.90. The molecule has 1 heterocycles. The highest BCUT2D eigenvalue weighted by Gasteiger charge is 2.33. The standard InChI is InChI=1S/C12H10F3N3O/c1-18-7-8(6-16-18)11(19)17-10-5-3-2-4-9(10)12(13,14)15/h2-7H,1H3,(H,17,19). The molecular formula is C12H10F3N3O. The van der Waals surface area contributed by atoms with Crippen LogP contribution in [0.1, 0.15) is 15.9 Å². The Bertz CT molecular complexity index is 604. The second-order valence-corrected chi connectivity index (χ2v) is 3.90. The summed E-state index contributed by atoms with van der Waals surface area (Å²) in [4.78, 5) is 11.8. The lowest BCUT2D eigenvalue weighted by molar-refractivity contribution is -0.136. The number of nitrogens with zero attached hydrogens (tertiary/aromatic N) is 2. The molecule has 0 aliphatic heterocycles. The number of carbonyl (C=O) groups excluding carboxylic acids is 1. The van der Waals surface area contributed by atoms with Crippen molar-refractivity contribution in [2.24, 2.45) is 7.05 Å². The molecule has 0 spiro atoms. The number of para-hydroxylation sites is 1. The molecule has 4 nitrogen and oxygen atoms in total. The van der Waals surface area contributed by atoms with E-state index in [1.54, 1.807) is 7.05 Å². The van der Waals surface area contributed by atoms with Crippen LogP contribution in [-0.2, 0) is 13.2 Å². The first-order valence-electron chi connectivity index (χ1n) is 5.34. The number of aromatic nitrogens is 2. The Hall–Kier alpha value is -2.31. The molecule has 0 aliphatic rings. The molecule has 1 aromatic carbocycles. The van der Waals surface area contributed by atoms with Gasteiger partial charge in [-0.2, -0.15) is 18.3 Å². The molecule has 0 radical (unpaired) electrons. The Morgan fingerprint density at radius 1 is 1.32 bits per heavy atom. The van der Waals surface area contributed by atoms with Gasteiger partial charge < -0.3 is 5.32 Å². The van der Waals surface area contributed by atoms with Crippen molar-refractivity contribution in [1.29, 1.82) is 0 Å². The van der Waals surface area contributed by atoms with E-state index in [0.717, 1.165) is 6.07 Å². The molecule has 0 saturated heterocycles. The van der Waals surface area contributed by atoms with Crippen LogP contribution in [0, 0.1) is 0 Å². The van der Waals surface area contributed by atoms with E-state index in [9.17, 15) is 18.0 Å². The molecule has 0 saturated carbocycles. The van der Waals surface area contributed by atoms with Crippen molar-refractivity contribution < 1.29 is 18.0 Å². The van der Waals surface area contributed by atoms with E-state index in [1.807, 2.05) is 0 Å². The number of hydrogen-bond donors (Lipinski definition) is 1. The molecule has 1 aromatic heterocycles. The molecule has 1 amide bonds. The van der Waals surface area contributed by atoms with E-state index in [2.05, 4.69) is 10.4 Å². The lowest BCUT2D eigenvalue weighted by Crippen LogP contribution is -2.16. The first kappa shape index (κ1) is 13.1. The Morgan fingerprint density at radius 3 is 2.58 bits per heavy atom. The number of nitrogens with one attached hydrogen (secondary N) is 1. The molecule has 0 aliphatic carbocycles. The van der Waals surface area contributed by atoms with Gasteiger partial charge in [0.2, 0.25) is 0 Å². The van der Waals surface area contributed by atoms with Gasteiger partial charge in [0.05, 0.1) is 23.0 Å². The fourth-order valence-electron chi connectivity index (χ4n) is 1.57. The highest BCUT2D eigenvalue weighted by molar-refractivity contribution is 6.04. The van der Waals surface area contributed by atoms with Gasteiger partial charge in [-0.15, -0.1) is 0 Å². The van der Waals surface area contributed by atoms with Gasteiger partial charge in [-0.3, -0.25) is 9.48 Å². The monoisotopic (exact) mass is 269 g/mol. The summed E-state index contributed by atoms with van der Waals surface area (Å²) in [6.45, 7) is 0. The average molecular weight is 269 g/mol. The fourth-order valence-corrected chi connectivity index (χ4v) is 1.57. The quantitative estimate of drug-likeness (QED) is 0.911. The summed E-state index contributed by atoms with van der Waals surface area (Å²) in [5.41, 5.74) is -0.962. The maximum Gasteiger partial charge on any atom is 0.418 e. The molecule has 19 heavy (non-hydrogen) atoms. The van der Waals surface area contributed by atoms with Crippen molar-refractivity contribution in [3.8, 4) is 0 Å². The largest absolute Gasteiger partial charge is 0.418 e. The number of alkyl halides is 3. The minimum atomic E-state index is -4.52. The summed E-state index contributed by atoms with van der Waals surface area (Å²) in [5.74, 6) is -0.634. The third kappa shape index (κ3) is 2.93. The van der Waals surface area contributed by atoms with Crippen LogP contribution in [0.25, 0.3) is 0 Å². The number of aryl methyl sites for hydroxylation is 1. The van der Waals surface area contributed by atoms with Crippen LogP contribution in [0.4, 0.5) is 18.9 Å². The normalized spacial score (nSPS) is 11.4. The van der Waals surface area contributed by atoms with Crippen molar-refractivity contribution in [2.75, 3.05) is 5.32 Å². The first-order chi connectivity index (χ1) is 8.88. The van der Waals surface area contributed by atoms with Crippen LogP contribution in [0.15, 0.2) is 36.7 Å². The molecule has 0 atom stereocenters. The van der Waals surface area contributed by atoms with Crippen molar-refractivity contribution >= 4 is 11.6 Å². The minimum Gasteiger partial charge on any atom is -0.321 e. The van der Waals surface area contributed by atoms with Crippen molar-refractivity contribution in [1.82, 2.24) is 9.78 Å². The Labute approximate surface area is 106 Å². The Balaban J connectivity index is 2.27. The van der Waals surface area contributed by atoms with Gasteiger partial charge in [0.25, 0.3) is 5.91 Å². The van der Waals surface area contributed by atoms with Gasteiger partial charge in [0.1, 0.15) is 0 Å². The van der Waals surface area contributed by atoms with Crippen LogP contribution in [0.3, 0.4) is 0 Å². The lowest BCUT2D eigenvalue weighted by Gasteiger charge is -2.12. The highest BCUT2D eigenvalue weighted by Crippen LogP contribution is 2.34. The molecule has 0 bridgehead atoms. The van der Waals surface area contributed by atoms with E-state index in [-0.39, 0.29) is 11.3 Å². The van der Waals surface area contributed by atoms with E-state index >= 15 is 0 Å². The van der Waals surface area contributed by atoms with Crippen molar-refractivity contribution in [2.45, 2.75) is 6.18 Å². The SMILES string of the molecule is Cn1cc(C(=O)Nc2ccccc2C(F)(F)F)cn1. The molecule has 0 unspecified atom stereocenters. The topological polar surface area (TPSA) is 46.9 Å². The maximum absolute atomic E-state index is 12.7. The van der Waals surface area contributed by atoms with Gasteiger partial charge in [0.15, 0.2) is 0 Å². The number of hydrogen-bond acceptors (Lipinski definition) is 2. The van der Waals surface area contributed by atoms with Crippen LogP contribution in [-0.4, -0.2) is 15.7 Å². The van der Waals surface area contributed by atoms with E-state index in [1.165, 1.54) is 35.3 Å². The van der Waals surface area contributed by atoms with E-state index in [4.69, 9.17) is 0 Å². The molecule has 1 N–H and O–H groups in total. The molecule has 100 valence electrons. The summed E-state index contributed by atoms with van der Waals surface area (Å²) in [6.07, 6.45) is -1.81. The molecule has 7 heteroatoms. The van der Waals surface area contributed by atoms with Crippen LogP contribution < -0.4 is 5.32 Å². The first-order valence-corrected chi connectivity index (χ1v) is 5.34. The second kappa shape index (κ2) is 4.75. The number of halogens is 3. The predicted octanol–water partition coefficient (Wildman–Crippen LogP) is 2.69. The summed E-state index contributed by atoms with van der Waals surface area (Å²) >= 11 is 0. The van der Waals surface area contributed by atoms with Crippen molar-refractivity contribution in [3.05, 3.63) is 47.8 Å². The third-order valence-electron chi connectivity index (χ3n) is 2.45. The number of rotatable bonds is 2. The Kier molecular flexibility index (Phi) is 3.28. The van der Waals surface area contributed by atoms with Gasteiger partial charge >= 0.3 is 6.18 Å². The van der Waals surface area contributed by atoms with Gasteiger partial charge in [-0.25, -0.2) is 0 Å². The third-order valence-corrected chi connectivity index (χ3v) is 2.45. The van der Waals surface area contributed by atoms with Gasteiger partial charge in [0, 0.05) is 13.2 Å². The van der Waals surface area contributed by atoms with Crippen LogP contribution >= 0.6 is 0 Å². The number of carbonyl (C=O) groups is 1. The van der Waals surface area contributed by atoms with Crippen molar-refractivity contribution in [3.63, 3.8) is 0 Å². The van der Waals surface area contributed by atoms with Crippen LogP contribution in [0.2, 0.25) is 0 Å². The minimum absolute atomic E-state index is 0.194. The predicted molar refractivity (Wildman–Crippen MR) is 62.6 cm³/mol. The highest BCUT2D eigenvalue weighted by atomic mass is 19.4. The maximum atomic E-state index is 12.7. The number of anilines is 1. The number of benzene rings is 1. The zero-order chi connectivity index (χ0) is 14.0. The zero-order valence-corrected chi connectivity index (χ0v) is 9.90. The zero-order valence-electron chi connectivity index (χ0n) is 9.90. The molecule has 0 fully saturated rings. The average Bonchev–Trinajstić information content (AvgIpc) is 2.75. The van der Waals surface area contributed by atoms with E-state index < -0.39 is 17.6 Å². The summed E-state index contributed by atoms with van der Waals surface area (Å²) in [6, 6.07) is 4.81. The summed E-state index contributed by atoms with van der Waals surface area (Å²) in [5, 5.41) is 6.02. The lowest BCUT2D eigenvalue weighted by atomic mass is 10.1. The smallest absolute Gasteiger partial charge is 0.321 e.